The van der Waals surface area contributed by atoms with Gasteiger partial charge in [-0.1, -0.05) is 33.6 Å². The lowest BCUT2D eigenvalue weighted by molar-refractivity contribution is 0.110. The van der Waals surface area contributed by atoms with Crippen molar-refractivity contribution in [3.05, 3.63) is 12.4 Å². The number of hydrogen-bond acceptors (Lipinski definition) is 2. The van der Waals surface area contributed by atoms with Gasteiger partial charge in [-0.3, -0.25) is 0 Å². The predicted octanol–water partition coefficient (Wildman–Crippen LogP) is 3.27. The molecule has 0 radical (unpaired) electrons. The Morgan fingerprint density at radius 2 is 1.73 bits per heavy atom. The summed E-state index contributed by atoms with van der Waals surface area (Å²) in [6, 6.07) is 0. The lowest BCUT2D eigenvalue weighted by Crippen LogP contribution is -2.42. The highest BCUT2D eigenvalue weighted by atomic mass is 15.4. The molecule has 1 aliphatic heterocycles. The van der Waals surface area contributed by atoms with Crippen LogP contribution in [-0.2, 0) is 0 Å². The summed E-state index contributed by atoms with van der Waals surface area (Å²) >= 11 is 0. The molecular formula is C13H26N2. The third-order valence-corrected chi connectivity index (χ3v) is 3.11. The van der Waals surface area contributed by atoms with Gasteiger partial charge in [-0.05, 0) is 19.3 Å². The van der Waals surface area contributed by atoms with Gasteiger partial charge in [-0.2, -0.15) is 0 Å². The van der Waals surface area contributed by atoms with E-state index in [-0.39, 0.29) is 0 Å². The highest BCUT2D eigenvalue weighted by Gasteiger charge is 2.27. The van der Waals surface area contributed by atoms with Crippen LogP contribution in [0.1, 0.15) is 47.0 Å². The minimum atomic E-state index is 0.590. The summed E-state index contributed by atoms with van der Waals surface area (Å²) in [6.45, 7) is 11.4. The first-order valence-electron chi connectivity index (χ1n) is 6.40. The molecule has 1 atom stereocenters. The van der Waals surface area contributed by atoms with Gasteiger partial charge < -0.3 is 9.80 Å². The Balaban J connectivity index is 2.46. The van der Waals surface area contributed by atoms with E-state index in [9.17, 15) is 0 Å². The second-order valence-corrected chi connectivity index (χ2v) is 4.73. The van der Waals surface area contributed by atoms with Gasteiger partial charge in [0.05, 0.1) is 0 Å². The van der Waals surface area contributed by atoms with Crippen LogP contribution in [0, 0.1) is 5.92 Å². The standard InChI is InChI=1S/C13H26N2/c1-5-7-8-9-15-11-10-14(6-2)13(15)12(3)4/h10-13H,5-9H2,1-4H3. The van der Waals surface area contributed by atoms with Crippen molar-refractivity contribution >= 4 is 0 Å². The molecule has 15 heavy (non-hydrogen) atoms. The van der Waals surface area contributed by atoms with E-state index in [1.807, 2.05) is 0 Å². The van der Waals surface area contributed by atoms with Crippen molar-refractivity contribution in [3.63, 3.8) is 0 Å². The number of nitrogens with zero attached hydrogens (tertiary/aromatic N) is 2. The maximum Gasteiger partial charge on any atom is 0.103 e. The van der Waals surface area contributed by atoms with Gasteiger partial charge in [-0.25, -0.2) is 0 Å². The lowest BCUT2D eigenvalue weighted by atomic mass is 10.1. The Kier molecular flexibility index (Phi) is 5.00. The van der Waals surface area contributed by atoms with Crippen LogP contribution in [0.5, 0.6) is 0 Å². The molecule has 0 N–H and O–H groups in total. The number of rotatable bonds is 6. The zero-order chi connectivity index (χ0) is 11.3. The predicted molar refractivity (Wildman–Crippen MR) is 66.4 cm³/mol. The van der Waals surface area contributed by atoms with E-state index in [4.69, 9.17) is 0 Å². The minimum absolute atomic E-state index is 0.590. The van der Waals surface area contributed by atoms with Crippen LogP contribution in [0.4, 0.5) is 0 Å². The second kappa shape index (κ2) is 6.04. The fourth-order valence-electron chi connectivity index (χ4n) is 2.35. The van der Waals surface area contributed by atoms with Crippen molar-refractivity contribution in [2.75, 3.05) is 13.1 Å². The zero-order valence-corrected chi connectivity index (χ0v) is 10.7. The minimum Gasteiger partial charge on any atom is -0.356 e. The molecule has 0 bridgehead atoms. The van der Waals surface area contributed by atoms with Crippen LogP contribution >= 0.6 is 0 Å². The topological polar surface area (TPSA) is 6.48 Å². The third-order valence-electron chi connectivity index (χ3n) is 3.11. The van der Waals surface area contributed by atoms with E-state index in [2.05, 4.69) is 49.9 Å². The molecule has 0 aromatic carbocycles. The van der Waals surface area contributed by atoms with Crippen LogP contribution in [-0.4, -0.2) is 29.1 Å². The Labute approximate surface area is 94.9 Å². The molecule has 1 aliphatic rings. The summed E-state index contributed by atoms with van der Waals surface area (Å²) in [6.07, 6.45) is 9.08. The van der Waals surface area contributed by atoms with Gasteiger partial charge in [-0.15, -0.1) is 0 Å². The Morgan fingerprint density at radius 3 is 2.27 bits per heavy atom. The summed E-state index contributed by atoms with van der Waals surface area (Å²) in [5.74, 6) is 0.696. The van der Waals surface area contributed by atoms with E-state index in [0.717, 1.165) is 6.54 Å². The maximum atomic E-state index is 2.50. The zero-order valence-electron chi connectivity index (χ0n) is 10.7. The van der Waals surface area contributed by atoms with Crippen molar-refractivity contribution in [3.8, 4) is 0 Å². The van der Waals surface area contributed by atoms with Crippen LogP contribution in [0.3, 0.4) is 0 Å². The fraction of sp³-hybridized carbons (Fsp3) is 0.846. The summed E-state index contributed by atoms with van der Waals surface area (Å²) in [4.78, 5) is 4.94. The third kappa shape index (κ3) is 3.15. The average molecular weight is 210 g/mol. The summed E-state index contributed by atoms with van der Waals surface area (Å²) in [5, 5.41) is 0. The molecular weight excluding hydrogens is 184 g/mol. The van der Waals surface area contributed by atoms with Gasteiger partial charge >= 0.3 is 0 Å². The van der Waals surface area contributed by atoms with E-state index in [1.165, 1.54) is 25.8 Å². The largest absolute Gasteiger partial charge is 0.356 e. The molecule has 0 amide bonds. The fourth-order valence-corrected chi connectivity index (χ4v) is 2.35. The first-order valence-corrected chi connectivity index (χ1v) is 6.40. The van der Waals surface area contributed by atoms with E-state index in [0.29, 0.717) is 12.1 Å². The second-order valence-electron chi connectivity index (χ2n) is 4.73. The van der Waals surface area contributed by atoms with E-state index >= 15 is 0 Å². The lowest BCUT2D eigenvalue weighted by Gasteiger charge is -2.35. The van der Waals surface area contributed by atoms with Gasteiger partial charge in [0.25, 0.3) is 0 Å². The van der Waals surface area contributed by atoms with E-state index in [1.54, 1.807) is 0 Å². The van der Waals surface area contributed by atoms with Gasteiger partial charge in [0.2, 0.25) is 0 Å². The molecule has 88 valence electrons. The molecule has 2 heteroatoms. The summed E-state index contributed by atoms with van der Waals surface area (Å²) in [5.41, 5.74) is 0. The first kappa shape index (κ1) is 12.4. The normalized spacial score (nSPS) is 20.7. The monoisotopic (exact) mass is 210 g/mol. The maximum absolute atomic E-state index is 2.50. The Hall–Kier alpha value is -0.660. The van der Waals surface area contributed by atoms with Crippen molar-refractivity contribution in [2.24, 2.45) is 5.92 Å². The van der Waals surface area contributed by atoms with Gasteiger partial charge in [0.1, 0.15) is 6.17 Å². The smallest absolute Gasteiger partial charge is 0.103 e. The molecule has 1 rings (SSSR count). The molecule has 1 heterocycles. The van der Waals surface area contributed by atoms with Crippen LogP contribution < -0.4 is 0 Å². The van der Waals surface area contributed by atoms with E-state index < -0.39 is 0 Å². The molecule has 0 fully saturated rings. The van der Waals surface area contributed by atoms with Crippen LogP contribution in [0.2, 0.25) is 0 Å². The Morgan fingerprint density at radius 1 is 1.07 bits per heavy atom. The highest BCUT2D eigenvalue weighted by Crippen LogP contribution is 2.22. The van der Waals surface area contributed by atoms with Crippen molar-refractivity contribution < 1.29 is 0 Å². The first-order chi connectivity index (χ1) is 7.20. The van der Waals surface area contributed by atoms with Gasteiger partial charge in [0.15, 0.2) is 0 Å². The molecule has 1 unspecified atom stereocenters. The van der Waals surface area contributed by atoms with Gasteiger partial charge in [0, 0.05) is 25.5 Å². The summed E-state index contributed by atoms with van der Waals surface area (Å²) in [7, 11) is 0. The molecule has 0 aromatic heterocycles. The molecule has 0 aromatic rings. The average Bonchev–Trinajstić information content (AvgIpc) is 2.61. The molecule has 0 saturated carbocycles. The molecule has 0 saturated heterocycles. The van der Waals surface area contributed by atoms with Crippen molar-refractivity contribution in [1.82, 2.24) is 9.80 Å². The van der Waals surface area contributed by atoms with Crippen molar-refractivity contribution in [1.29, 1.82) is 0 Å². The highest BCUT2D eigenvalue weighted by molar-refractivity contribution is 4.97. The van der Waals surface area contributed by atoms with Crippen LogP contribution in [0.15, 0.2) is 12.4 Å². The summed E-state index contributed by atoms with van der Waals surface area (Å²) < 4.78 is 0. The van der Waals surface area contributed by atoms with Crippen molar-refractivity contribution in [2.45, 2.75) is 53.1 Å². The Bertz CT molecular complexity index is 199. The quantitative estimate of drug-likeness (QED) is 0.621. The molecule has 0 aliphatic carbocycles. The molecule has 2 nitrogen and oxygen atoms in total. The van der Waals surface area contributed by atoms with Crippen LogP contribution in [0.25, 0.3) is 0 Å². The number of unbranched alkanes of at least 4 members (excludes halogenated alkanes) is 2. The number of hydrogen-bond donors (Lipinski definition) is 0. The SMILES string of the molecule is CCCCCN1C=CN(CC)C1C(C)C. The molecule has 0 spiro atoms.